The van der Waals surface area contributed by atoms with Gasteiger partial charge in [0.25, 0.3) is 5.56 Å². The zero-order chi connectivity index (χ0) is 28.6. The van der Waals surface area contributed by atoms with Crippen LogP contribution in [0.1, 0.15) is 17.5 Å². The molecule has 0 aliphatic rings. The molecule has 40 heavy (non-hydrogen) atoms. The number of benzene rings is 2. The van der Waals surface area contributed by atoms with Crippen LogP contribution in [0.3, 0.4) is 0 Å². The van der Waals surface area contributed by atoms with Gasteiger partial charge >= 0.3 is 0 Å². The van der Waals surface area contributed by atoms with E-state index in [1.807, 2.05) is 44.2 Å². The van der Waals surface area contributed by atoms with E-state index in [2.05, 4.69) is 15.0 Å². The van der Waals surface area contributed by atoms with Crippen molar-refractivity contribution in [3.63, 3.8) is 0 Å². The summed E-state index contributed by atoms with van der Waals surface area (Å²) in [5, 5.41) is 12.3. The molecule has 0 amide bonds. The first kappa shape index (κ1) is 27.2. The van der Waals surface area contributed by atoms with Crippen molar-refractivity contribution >= 4 is 32.5 Å². The topological polar surface area (TPSA) is 116 Å². The van der Waals surface area contributed by atoms with Gasteiger partial charge in [-0.3, -0.25) is 4.79 Å². The van der Waals surface area contributed by atoms with Crippen molar-refractivity contribution in [1.29, 1.82) is 0 Å². The van der Waals surface area contributed by atoms with E-state index in [4.69, 9.17) is 0 Å². The molecule has 0 aliphatic heterocycles. The third-order valence-corrected chi connectivity index (χ3v) is 9.27. The number of para-hydroxylation sites is 1. The molecule has 11 heteroatoms. The molecule has 3 aromatic heterocycles. The average molecular weight is 577 g/mol. The van der Waals surface area contributed by atoms with E-state index in [9.17, 15) is 22.7 Å². The summed E-state index contributed by atoms with van der Waals surface area (Å²) in [5.41, 5.74) is 1.62. The number of thiazole rings is 1. The van der Waals surface area contributed by atoms with E-state index < -0.39 is 32.0 Å². The third-order valence-electron chi connectivity index (χ3n) is 6.53. The second-order valence-corrected chi connectivity index (χ2v) is 12.1. The monoisotopic (exact) mass is 576 g/mol. The van der Waals surface area contributed by atoms with Gasteiger partial charge in [0.15, 0.2) is 10.6 Å². The van der Waals surface area contributed by atoms with Crippen LogP contribution >= 0.6 is 11.3 Å². The lowest BCUT2D eigenvalue weighted by atomic mass is 10.0. The Bertz CT molecular complexity index is 1870. The third kappa shape index (κ3) is 4.78. The first-order chi connectivity index (χ1) is 19.1. The van der Waals surface area contributed by atoms with E-state index in [0.717, 1.165) is 5.01 Å². The summed E-state index contributed by atoms with van der Waals surface area (Å²) >= 11 is 1.31. The van der Waals surface area contributed by atoms with E-state index in [1.165, 1.54) is 41.8 Å². The highest BCUT2D eigenvalue weighted by atomic mass is 32.2. The predicted molar refractivity (Wildman–Crippen MR) is 154 cm³/mol. The maximum Gasteiger partial charge on any atom is 0.271 e. The second-order valence-electron chi connectivity index (χ2n) is 8.98. The van der Waals surface area contributed by atoms with Crippen LogP contribution in [-0.2, 0) is 9.84 Å². The Hall–Kier alpha value is -4.35. The first-order valence-electron chi connectivity index (χ1n) is 12.3. The molecular formula is C29H25FN4O4S2. The number of aromatic nitrogens is 3. The molecule has 2 aromatic carbocycles. The fraction of sp³-hybridized carbons (Fsp3) is 0.138. The Kier molecular flexibility index (Phi) is 7.26. The summed E-state index contributed by atoms with van der Waals surface area (Å²) < 4.78 is 41.6. The van der Waals surface area contributed by atoms with Crippen molar-refractivity contribution in [3.05, 3.63) is 99.9 Å². The molecule has 3 heterocycles. The van der Waals surface area contributed by atoms with Crippen molar-refractivity contribution < 1.29 is 17.9 Å². The van der Waals surface area contributed by atoms with Crippen LogP contribution in [-0.4, -0.2) is 35.0 Å². The molecule has 5 aromatic rings. The van der Waals surface area contributed by atoms with Crippen LogP contribution < -0.4 is 10.5 Å². The largest absolute Gasteiger partial charge is 0.504 e. The fourth-order valence-electron chi connectivity index (χ4n) is 4.56. The molecule has 0 saturated heterocycles. The minimum absolute atomic E-state index is 0.148. The Morgan fingerprint density at radius 2 is 1.73 bits per heavy atom. The molecule has 5 rings (SSSR count). The van der Waals surface area contributed by atoms with Crippen LogP contribution in [0.4, 0.5) is 15.8 Å². The summed E-state index contributed by atoms with van der Waals surface area (Å²) in [6.07, 6.45) is 2.91. The Morgan fingerprint density at radius 3 is 2.35 bits per heavy atom. The molecule has 2 N–H and O–H groups in total. The molecule has 0 fully saturated rings. The first-order valence-corrected chi connectivity index (χ1v) is 14.6. The number of nitrogens with one attached hydrogen (secondary N) is 1. The predicted octanol–water partition coefficient (Wildman–Crippen LogP) is 6.01. The zero-order valence-corrected chi connectivity index (χ0v) is 23.5. The molecule has 0 saturated carbocycles. The molecule has 0 radical (unpaired) electrons. The Labute approximate surface area is 234 Å². The number of hydrogen-bond donors (Lipinski definition) is 2. The van der Waals surface area contributed by atoms with Crippen LogP contribution in [0.25, 0.3) is 21.7 Å². The van der Waals surface area contributed by atoms with Gasteiger partial charge in [-0.1, -0.05) is 30.3 Å². The number of halogens is 1. The van der Waals surface area contributed by atoms with Crippen LogP contribution in [0.15, 0.2) is 87.6 Å². The van der Waals surface area contributed by atoms with Crippen LogP contribution in [0, 0.1) is 19.8 Å². The number of nitrogens with zero attached hydrogens (tertiary/aromatic N) is 3. The summed E-state index contributed by atoms with van der Waals surface area (Å²) in [6, 6.07) is 16.5. The summed E-state index contributed by atoms with van der Waals surface area (Å²) in [6.45, 7) is 5.62. The minimum Gasteiger partial charge on any atom is -0.504 e. The molecule has 0 bridgehead atoms. The Balaban J connectivity index is 1.69. The molecule has 8 nitrogen and oxygen atoms in total. The van der Waals surface area contributed by atoms with Crippen molar-refractivity contribution in [1.82, 2.24) is 15.0 Å². The van der Waals surface area contributed by atoms with Gasteiger partial charge in [0.05, 0.1) is 20.5 Å². The highest BCUT2D eigenvalue weighted by Crippen LogP contribution is 2.44. The van der Waals surface area contributed by atoms with E-state index in [1.54, 1.807) is 24.1 Å². The smallest absolute Gasteiger partial charge is 0.271 e. The standard InChI is InChI=1S/C29H25FN4O4S2/c1-4-34(20-8-6-5-7-9-20)25-24(23-16-32-18(3)39-23)33-29(36)27(26(25)35)40(37,38)21-12-10-19(11-13-21)22-14-15-31-28(30)17(22)2/h5-16H,4H2,1-3H3,(H2,33,35,36). The van der Waals surface area contributed by atoms with Gasteiger partial charge in [0, 0.05) is 30.2 Å². The minimum atomic E-state index is -4.48. The van der Waals surface area contributed by atoms with Gasteiger partial charge in [-0.2, -0.15) is 4.39 Å². The molecule has 0 atom stereocenters. The highest BCUT2D eigenvalue weighted by Gasteiger charge is 2.32. The van der Waals surface area contributed by atoms with Crippen LogP contribution in [0.2, 0.25) is 0 Å². The van der Waals surface area contributed by atoms with Gasteiger partial charge in [-0.25, -0.2) is 18.4 Å². The van der Waals surface area contributed by atoms with E-state index >= 15 is 0 Å². The summed E-state index contributed by atoms with van der Waals surface area (Å²) in [4.78, 5) is 25.3. The van der Waals surface area contributed by atoms with Crippen molar-refractivity contribution in [2.24, 2.45) is 0 Å². The molecular weight excluding hydrogens is 551 g/mol. The van der Waals surface area contributed by atoms with Gasteiger partial charge < -0.3 is 15.0 Å². The number of aromatic hydroxyl groups is 1. The molecule has 0 spiro atoms. The maximum absolute atomic E-state index is 14.0. The number of aromatic amines is 1. The number of hydrogen-bond acceptors (Lipinski definition) is 8. The lowest BCUT2D eigenvalue weighted by Gasteiger charge is -2.27. The SMILES string of the molecule is CCN(c1ccccc1)c1c(-c2cnc(C)s2)[nH]c(=O)c(S(=O)(=O)c2ccc(-c3ccnc(F)c3C)cc2)c1O. The highest BCUT2D eigenvalue weighted by molar-refractivity contribution is 7.91. The average Bonchev–Trinajstić information content (AvgIpc) is 3.38. The van der Waals surface area contributed by atoms with Crippen molar-refractivity contribution in [3.8, 4) is 27.4 Å². The molecule has 0 unspecified atom stereocenters. The maximum atomic E-state index is 14.0. The number of aryl methyl sites for hydroxylation is 1. The number of H-pyrrole nitrogens is 1. The van der Waals surface area contributed by atoms with Gasteiger partial charge in [-0.05, 0) is 62.2 Å². The van der Waals surface area contributed by atoms with Crippen molar-refractivity contribution in [2.75, 3.05) is 11.4 Å². The lowest BCUT2D eigenvalue weighted by molar-refractivity contribution is 0.456. The normalized spacial score (nSPS) is 11.5. The number of sulfone groups is 1. The van der Waals surface area contributed by atoms with Gasteiger partial charge in [-0.15, -0.1) is 11.3 Å². The van der Waals surface area contributed by atoms with Crippen LogP contribution in [0.5, 0.6) is 5.75 Å². The van der Waals surface area contributed by atoms with Gasteiger partial charge in [0.1, 0.15) is 5.69 Å². The van der Waals surface area contributed by atoms with Crippen molar-refractivity contribution in [2.45, 2.75) is 30.6 Å². The molecule has 0 aliphatic carbocycles. The van der Waals surface area contributed by atoms with Gasteiger partial charge in [0.2, 0.25) is 15.8 Å². The fourth-order valence-corrected chi connectivity index (χ4v) is 6.72. The van der Waals surface area contributed by atoms with E-state index in [0.29, 0.717) is 33.8 Å². The summed E-state index contributed by atoms with van der Waals surface area (Å²) in [5.74, 6) is -1.28. The van der Waals surface area contributed by atoms with E-state index in [-0.39, 0.29) is 16.3 Å². The quantitative estimate of drug-likeness (QED) is 0.228. The number of pyridine rings is 2. The second kappa shape index (κ2) is 10.7. The molecule has 204 valence electrons. The zero-order valence-electron chi connectivity index (χ0n) is 21.8. The number of anilines is 2. The number of rotatable bonds is 7. The Morgan fingerprint density at radius 1 is 1.02 bits per heavy atom. The summed E-state index contributed by atoms with van der Waals surface area (Å²) in [7, 11) is -4.48. The lowest BCUT2D eigenvalue weighted by Crippen LogP contribution is -2.24.